The van der Waals surface area contributed by atoms with Crippen LogP contribution in [0.15, 0.2) is 0 Å². The molecule has 0 aliphatic carbocycles. The second-order valence-corrected chi connectivity index (χ2v) is 7.61. The van der Waals surface area contributed by atoms with E-state index in [2.05, 4.69) is 13.8 Å². The number of aldehydes is 1. The molecule has 176 valence electrons. The number of carbonyl (C=O) groups is 3. The van der Waals surface area contributed by atoms with Gasteiger partial charge < -0.3 is 24.8 Å². The van der Waals surface area contributed by atoms with Crippen LogP contribution in [0.3, 0.4) is 0 Å². The van der Waals surface area contributed by atoms with Crippen LogP contribution in [0.5, 0.6) is 0 Å². The molecule has 0 spiro atoms. The van der Waals surface area contributed by atoms with Crippen molar-refractivity contribution >= 4 is 18.2 Å². The summed E-state index contributed by atoms with van der Waals surface area (Å²) < 4.78 is 10.3. The first-order valence-corrected chi connectivity index (χ1v) is 11.2. The lowest BCUT2D eigenvalue weighted by Gasteiger charge is -2.29. The van der Waals surface area contributed by atoms with Crippen LogP contribution in [0.25, 0.3) is 0 Å². The molecule has 0 aromatic rings. The molecule has 30 heavy (non-hydrogen) atoms. The van der Waals surface area contributed by atoms with E-state index in [0.29, 0.717) is 12.8 Å². The van der Waals surface area contributed by atoms with Crippen molar-refractivity contribution in [3.05, 3.63) is 0 Å². The molecule has 0 aromatic heterocycles. The first kappa shape index (κ1) is 28.5. The minimum Gasteiger partial charge on any atom is -0.455 e. The lowest BCUT2D eigenvalue weighted by Crippen LogP contribution is -2.50. The Balaban J connectivity index is 4.82. The first-order chi connectivity index (χ1) is 14.4. The summed E-state index contributed by atoms with van der Waals surface area (Å²) in [7, 11) is 0. The summed E-state index contributed by atoms with van der Waals surface area (Å²) in [5.41, 5.74) is 0. The fraction of sp³-hybridized carbons (Fsp3) is 0.864. The lowest BCUT2D eigenvalue weighted by molar-refractivity contribution is -0.185. The second kappa shape index (κ2) is 18.3. The summed E-state index contributed by atoms with van der Waals surface area (Å²) >= 11 is 0. The largest absolute Gasteiger partial charge is 0.455 e. The minimum atomic E-state index is -1.77. The number of hydrogen-bond acceptors (Lipinski definition) is 8. The van der Waals surface area contributed by atoms with E-state index in [-0.39, 0.29) is 19.1 Å². The third-order valence-corrected chi connectivity index (χ3v) is 4.88. The van der Waals surface area contributed by atoms with Crippen LogP contribution < -0.4 is 0 Å². The summed E-state index contributed by atoms with van der Waals surface area (Å²) in [5, 5.41) is 29.0. The van der Waals surface area contributed by atoms with Crippen LogP contribution in [-0.2, 0) is 23.9 Å². The van der Waals surface area contributed by atoms with Gasteiger partial charge >= 0.3 is 11.9 Å². The number of esters is 2. The highest BCUT2D eigenvalue weighted by atomic mass is 16.6. The fourth-order valence-corrected chi connectivity index (χ4v) is 3.00. The number of unbranched alkanes of at least 4 members (excludes halogenated alkanes) is 8. The van der Waals surface area contributed by atoms with E-state index in [1.807, 2.05) is 0 Å². The van der Waals surface area contributed by atoms with Crippen molar-refractivity contribution in [3.63, 3.8) is 0 Å². The van der Waals surface area contributed by atoms with Crippen molar-refractivity contribution in [1.82, 2.24) is 0 Å². The number of carbonyl (C=O) groups excluding carboxylic acids is 3. The van der Waals surface area contributed by atoms with Gasteiger partial charge in [-0.05, 0) is 12.8 Å². The smallest absolute Gasteiger partial charge is 0.306 e. The zero-order valence-electron chi connectivity index (χ0n) is 18.5. The maximum atomic E-state index is 12.1. The Labute approximate surface area is 179 Å². The monoisotopic (exact) mass is 432 g/mol. The fourth-order valence-electron chi connectivity index (χ4n) is 3.00. The number of hydrogen-bond donors (Lipinski definition) is 3. The van der Waals surface area contributed by atoms with Gasteiger partial charge in [0.05, 0.1) is 6.61 Å². The number of aliphatic hydroxyl groups is 3. The van der Waals surface area contributed by atoms with Crippen LogP contribution in [0.2, 0.25) is 0 Å². The number of rotatable bonds is 19. The zero-order valence-corrected chi connectivity index (χ0v) is 18.5. The third kappa shape index (κ3) is 12.9. The van der Waals surface area contributed by atoms with Gasteiger partial charge in [0.1, 0.15) is 12.2 Å². The molecule has 8 heteroatoms. The maximum absolute atomic E-state index is 12.1. The lowest BCUT2D eigenvalue weighted by atomic mass is 10.0. The quantitative estimate of drug-likeness (QED) is 0.161. The van der Waals surface area contributed by atoms with Crippen molar-refractivity contribution in [2.75, 3.05) is 6.61 Å². The van der Waals surface area contributed by atoms with Gasteiger partial charge in [-0.2, -0.15) is 0 Å². The average molecular weight is 433 g/mol. The summed E-state index contributed by atoms with van der Waals surface area (Å²) in [6, 6.07) is 0. The Bertz CT molecular complexity index is 468. The van der Waals surface area contributed by atoms with Gasteiger partial charge in [0.2, 0.25) is 0 Å². The van der Waals surface area contributed by atoms with Gasteiger partial charge in [-0.3, -0.25) is 14.4 Å². The summed E-state index contributed by atoms with van der Waals surface area (Å²) in [6.07, 6.45) is 3.07. The van der Waals surface area contributed by atoms with Gasteiger partial charge in [-0.25, -0.2) is 0 Å². The molecular weight excluding hydrogens is 392 g/mol. The van der Waals surface area contributed by atoms with Crippen LogP contribution in [-0.4, -0.2) is 64.6 Å². The Morgan fingerprint density at radius 1 is 0.800 bits per heavy atom. The summed E-state index contributed by atoms with van der Waals surface area (Å²) in [5.74, 6) is -1.31. The highest BCUT2D eigenvalue weighted by Gasteiger charge is 2.38. The van der Waals surface area contributed by atoms with Crippen LogP contribution in [0.1, 0.15) is 90.9 Å². The molecule has 0 bridgehead atoms. The SMILES string of the molecule is CCCCCCCC(=O)O[C@@H]([C@@H](O)[C@H](O)CO)[C@H](C=O)OC(=O)CCCCCCC. The van der Waals surface area contributed by atoms with Crippen molar-refractivity contribution < 1.29 is 39.2 Å². The van der Waals surface area contributed by atoms with Crippen molar-refractivity contribution in [2.24, 2.45) is 0 Å². The maximum Gasteiger partial charge on any atom is 0.306 e. The molecule has 0 aliphatic heterocycles. The average Bonchev–Trinajstić information content (AvgIpc) is 2.74. The van der Waals surface area contributed by atoms with Crippen LogP contribution in [0, 0.1) is 0 Å². The van der Waals surface area contributed by atoms with E-state index in [4.69, 9.17) is 14.6 Å². The normalized spacial score (nSPS) is 15.1. The molecule has 8 nitrogen and oxygen atoms in total. The molecule has 0 fully saturated rings. The highest BCUT2D eigenvalue weighted by molar-refractivity contribution is 5.74. The number of ether oxygens (including phenoxy) is 2. The van der Waals surface area contributed by atoms with Crippen molar-refractivity contribution in [1.29, 1.82) is 0 Å². The van der Waals surface area contributed by atoms with Gasteiger partial charge in [0, 0.05) is 12.8 Å². The molecule has 0 saturated carbocycles. The van der Waals surface area contributed by atoms with E-state index in [1.165, 1.54) is 0 Å². The molecule has 0 radical (unpaired) electrons. The molecule has 0 aromatic carbocycles. The van der Waals surface area contributed by atoms with Gasteiger partial charge in [0.25, 0.3) is 0 Å². The second-order valence-electron chi connectivity index (χ2n) is 7.61. The molecule has 4 atom stereocenters. The van der Waals surface area contributed by atoms with E-state index in [0.717, 1.165) is 51.4 Å². The molecule has 0 rings (SSSR count). The standard InChI is InChI=1S/C22H40O8/c1-3-5-7-9-11-13-19(26)29-18(16-24)22(21(28)17(25)15-23)30-20(27)14-12-10-8-6-4-2/h16-18,21-23,25,28H,3-15H2,1-2H3/t17-,18+,21+,22-/m1/s1. The molecule has 0 saturated heterocycles. The number of aliphatic hydroxyl groups excluding tert-OH is 3. The summed E-state index contributed by atoms with van der Waals surface area (Å²) in [6.45, 7) is 3.36. The Kier molecular flexibility index (Phi) is 17.4. The van der Waals surface area contributed by atoms with Gasteiger partial charge in [-0.1, -0.05) is 65.2 Å². The molecule has 3 N–H and O–H groups in total. The Hall–Kier alpha value is -1.51. The van der Waals surface area contributed by atoms with Crippen molar-refractivity contribution in [2.45, 2.75) is 115 Å². The van der Waals surface area contributed by atoms with Crippen molar-refractivity contribution in [3.8, 4) is 0 Å². The van der Waals surface area contributed by atoms with E-state index >= 15 is 0 Å². The topological polar surface area (TPSA) is 130 Å². The minimum absolute atomic E-state index is 0.0824. The van der Waals surface area contributed by atoms with Gasteiger partial charge in [-0.15, -0.1) is 0 Å². The molecule has 0 heterocycles. The summed E-state index contributed by atoms with van der Waals surface area (Å²) in [4.78, 5) is 35.7. The zero-order chi connectivity index (χ0) is 22.8. The van der Waals surface area contributed by atoms with E-state index in [1.54, 1.807) is 0 Å². The van der Waals surface area contributed by atoms with E-state index < -0.39 is 43.0 Å². The third-order valence-electron chi connectivity index (χ3n) is 4.88. The van der Waals surface area contributed by atoms with Crippen LogP contribution >= 0.6 is 0 Å². The predicted octanol–water partition coefficient (Wildman–Crippen LogP) is 2.44. The Morgan fingerprint density at radius 3 is 1.70 bits per heavy atom. The highest BCUT2D eigenvalue weighted by Crippen LogP contribution is 2.16. The van der Waals surface area contributed by atoms with Crippen LogP contribution in [0.4, 0.5) is 0 Å². The molecule has 0 unspecified atom stereocenters. The molecule has 0 amide bonds. The molecular formula is C22H40O8. The Morgan fingerprint density at radius 2 is 1.27 bits per heavy atom. The molecule has 0 aliphatic rings. The predicted molar refractivity (Wildman–Crippen MR) is 112 cm³/mol. The first-order valence-electron chi connectivity index (χ1n) is 11.2. The van der Waals surface area contributed by atoms with E-state index in [9.17, 15) is 24.6 Å². The van der Waals surface area contributed by atoms with Gasteiger partial charge in [0.15, 0.2) is 18.5 Å².